The summed E-state index contributed by atoms with van der Waals surface area (Å²) in [6, 6.07) is 1.78. The quantitative estimate of drug-likeness (QED) is 0.540. The van der Waals surface area contributed by atoms with E-state index in [-0.39, 0.29) is 0 Å². The summed E-state index contributed by atoms with van der Waals surface area (Å²) >= 11 is 0. The molecule has 0 aliphatic heterocycles. The van der Waals surface area contributed by atoms with Crippen LogP contribution in [0.3, 0.4) is 0 Å². The van der Waals surface area contributed by atoms with E-state index in [1.165, 1.54) is 12.5 Å². The normalized spacial score (nSPS) is 14.4. The Hall–Kier alpha value is 0.0969. The molecule has 0 saturated heterocycles. The summed E-state index contributed by atoms with van der Waals surface area (Å²) in [7, 11) is -1.60. The number of rotatable bonds is 8. The van der Waals surface area contributed by atoms with Crippen LogP contribution in [-0.4, -0.2) is 27.7 Å². The van der Waals surface area contributed by atoms with E-state index in [0.717, 1.165) is 13.1 Å². The van der Waals surface area contributed by atoms with E-state index in [1.807, 2.05) is 0 Å². The van der Waals surface area contributed by atoms with Crippen molar-refractivity contribution in [3.8, 4) is 0 Å². The molecule has 0 rings (SSSR count). The average molecular weight is 217 g/mol. The number of nitrogens with one attached hydrogen (secondary N) is 3. The van der Waals surface area contributed by atoms with Crippen LogP contribution in [0.1, 0.15) is 41.0 Å². The van der Waals surface area contributed by atoms with Crippen LogP contribution in [0.4, 0.5) is 0 Å². The van der Waals surface area contributed by atoms with Gasteiger partial charge in [0.2, 0.25) is 0 Å². The Morgan fingerprint density at radius 2 is 1.50 bits per heavy atom. The summed E-state index contributed by atoms with van der Waals surface area (Å²) in [5, 5.41) is 0. The Kier molecular flexibility index (Phi) is 7.45. The highest BCUT2D eigenvalue weighted by Crippen LogP contribution is 2.01. The molecule has 1 unspecified atom stereocenters. The van der Waals surface area contributed by atoms with Crippen LogP contribution in [-0.2, 0) is 0 Å². The Balaban J connectivity index is 4.31. The second kappa shape index (κ2) is 7.40. The van der Waals surface area contributed by atoms with Gasteiger partial charge in [0.15, 0.2) is 0 Å². The summed E-state index contributed by atoms with van der Waals surface area (Å²) in [6.07, 6.45) is 1.19. The summed E-state index contributed by atoms with van der Waals surface area (Å²) in [5.74, 6) is 0. The fourth-order valence-corrected chi connectivity index (χ4v) is 4.93. The first-order valence-corrected chi connectivity index (χ1v) is 8.12. The summed E-state index contributed by atoms with van der Waals surface area (Å²) in [4.78, 5) is 11.0. The van der Waals surface area contributed by atoms with Gasteiger partial charge in [0, 0.05) is 0 Å². The molecule has 0 amide bonds. The maximum absolute atomic E-state index is 3.75. The van der Waals surface area contributed by atoms with Crippen LogP contribution in [0.15, 0.2) is 0 Å². The molecule has 86 valence electrons. The van der Waals surface area contributed by atoms with E-state index in [2.05, 4.69) is 49.6 Å². The topological polar surface area (TPSA) is 36.1 Å². The molecule has 0 spiro atoms. The molecule has 0 aromatic rings. The van der Waals surface area contributed by atoms with Gasteiger partial charge in [-0.3, -0.25) is 0 Å². The zero-order valence-corrected chi connectivity index (χ0v) is 11.4. The summed E-state index contributed by atoms with van der Waals surface area (Å²) in [6.45, 7) is 13.2. The van der Waals surface area contributed by atoms with Gasteiger partial charge in [0.25, 0.3) is 8.56 Å². The van der Waals surface area contributed by atoms with E-state index in [9.17, 15) is 0 Å². The van der Waals surface area contributed by atoms with Crippen molar-refractivity contribution in [1.29, 1.82) is 0 Å². The fraction of sp³-hybridized carbons (Fsp3) is 1.00. The first kappa shape index (κ1) is 14.1. The lowest BCUT2D eigenvalue weighted by Gasteiger charge is -2.34. The standard InChI is InChI=1S/C10H27N3Si/c1-6-10(5)13-14(9-4,11-7-2)12-8-3/h10-13H,6-9H2,1-5H3. The Bertz CT molecular complexity index is 135. The molecule has 14 heavy (non-hydrogen) atoms. The molecule has 0 radical (unpaired) electrons. The van der Waals surface area contributed by atoms with Crippen LogP contribution in [0.2, 0.25) is 6.04 Å². The zero-order chi connectivity index (χ0) is 11.0. The van der Waals surface area contributed by atoms with Crippen molar-refractivity contribution in [3.63, 3.8) is 0 Å². The molecule has 0 bridgehead atoms. The third-order valence-electron chi connectivity index (χ3n) is 2.59. The molecular weight excluding hydrogens is 190 g/mol. The minimum Gasteiger partial charge on any atom is -0.314 e. The van der Waals surface area contributed by atoms with Gasteiger partial charge in [-0.25, -0.2) is 0 Å². The van der Waals surface area contributed by atoms with Crippen molar-refractivity contribution in [3.05, 3.63) is 0 Å². The zero-order valence-electron chi connectivity index (χ0n) is 10.4. The summed E-state index contributed by atoms with van der Waals surface area (Å²) < 4.78 is 0. The molecule has 0 fully saturated rings. The van der Waals surface area contributed by atoms with Gasteiger partial charge < -0.3 is 14.9 Å². The number of hydrogen-bond donors (Lipinski definition) is 3. The van der Waals surface area contributed by atoms with Gasteiger partial charge in [0.1, 0.15) is 0 Å². The fourth-order valence-electron chi connectivity index (χ4n) is 1.64. The molecule has 0 aliphatic carbocycles. The van der Waals surface area contributed by atoms with E-state index in [1.54, 1.807) is 0 Å². The van der Waals surface area contributed by atoms with Crippen molar-refractivity contribution < 1.29 is 0 Å². The molecule has 0 saturated carbocycles. The van der Waals surface area contributed by atoms with Gasteiger partial charge in [0.05, 0.1) is 0 Å². The van der Waals surface area contributed by atoms with Crippen LogP contribution in [0.5, 0.6) is 0 Å². The molecule has 3 N–H and O–H groups in total. The molecule has 3 nitrogen and oxygen atoms in total. The van der Waals surface area contributed by atoms with Crippen molar-refractivity contribution in [1.82, 2.24) is 14.9 Å². The van der Waals surface area contributed by atoms with E-state index >= 15 is 0 Å². The van der Waals surface area contributed by atoms with Gasteiger partial charge >= 0.3 is 0 Å². The van der Waals surface area contributed by atoms with Crippen molar-refractivity contribution in [2.24, 2.45) is 0 Å². The predicted octanol–water partition coefficient (Wildman–Crippen LogP) is 1.55. The van der Waals surface area contributed by atoms with Crippen molar-refractivity contribution >= 4 is 8.56 Å². The molecule has 0 aromatic carbocycles. The maximum Gasteiger partial charge on any atom is 0.281 e. The van der Waals surface area contributed by atoms with Gasteiger partial charge in [-0.15, -0.1) is 0 Å². The third kappa shape index (κ3) is 4.55. The smallest absolute Gasteiger partial charge is 0.281 e. The molecule has 4 heteroatoms. The number of hydrogen-bond acceptors (Lipinski definition) is 3. The highest BCUT2D eigenvalue weighted by atomic mass is 28.4. The van der Waals surface area contributed by atoms with E-state index in [0.29, 0.717) is 6.04 Å². The van der Waals surface area contributed by atoms with Crippen LogP contribution < -0.4 is 14.9 Å². The molecule has 0 heterocycles. The highest BCUT2D eigenvalue weighted by molar-refractivity contribution is 6.72. The molecule has 0 aromatic heterocycles. The first-order valence-electron chi connectivity index (χ1n) is 5.91. The lowest BCUT2D eigenvalue weighted by Crippen LogP contribution is -2.73. The van der Waals surface area contributed by atoms with E-state index in [4.69, 9.17) is 0 Å². The van der Waals surface area contributed by atoms with Crippen LogP contribution >= 0.6 is 0 Å². The Morgan fingerprint density at radius 1 is 1.00 bits per heavy atom. The minimum atomic E-state index is -1.60. The van der Waals surface area contributed by atoms with Crippen molar-refractivity contribution in [2.45, 2.75) is 53.1 Å². The maximum atomic E-state index is 3.75. The summed E-state index contributed by atoms with van der Waals surface area (Å²) in [5.41, 5.74) is 0. The minimum absolute atomic E-state index is 0.597. The second-order valence-corrected chi connectivity index (χ2v) is 7.29. The van der Waals surface area contributed by atoms with Gasteiger partial charge in [-0.2, -0.15) is 0 Å². The first-order chi connectivity index (χ1) is 6.64. The molecule has 0 aliphatic rings. The molecular formula is C10H27N3Si. The second-order valence-electron chi connectivity index (χ2n) is 3.77. The lowest BCUT2D eigenvalue weighted by molar-refractivity contribution is 0.607. The van der Waals surface area contributed by atoms with Crippen LogP contribution in [0, 0.1) is 0 Å². The Labute approximate surface area is 90.3 Å². The average Bonchev–Trinajstić information content (AvgIpc) is 2.18. The Morgan fingerprint density at radius 3 is 1.79 bits per heavy atom. The van der Waals surface area contributed by atoms with E-state index < -0.39 is 8.56 Å². The lowest BCUT2D eigenvalue weighted by atomic mass is 10.3. The van der Waals surface area contributed by atoms with Crippen LogP contribution in [0.25, 0.3) is 0 Å². The third-order valence-corrected chi connectivity index (χ3v) is 6.55. The van der Waals surface area contributed by atoms with Gasteiger partial charge in [-0.1, -0.05) is 34.6 Å². The van der Waals surface area contributed by atoms with Crippen molar-refractivity contribution in [2.75, 3.05) is 13.1 Å². The molecule has 1 atom stereocenters. The predicted molar refractivity (Wildman–Crippen MR) is 66.5 cm³/mol. The highest BCUT2D eigenvalue weighted by Gasteiger charge is 2.31. The monoisotopic (exact) mass is 217 g/mol. The largest absolute Gasteiger partial charge is 0.314 e. The SMILES string of the molecule is CCN[Si](CC)(NCC)NC(C)CC. The van der Waals surface area contributed by atoms with Gasteiger partial charge in [-0.05, 0) is 31.6 Å².